The maximum Gasteiger partial charge on any atom is 0.335 e. The first-order chi connectivity index (χ1) is 6.22. The number of carbonyl (C=O) groups excluding carboxylic acids is 1. The molecule has 6 nitrogen and oxygen atoms in total. The lowest BCUT2D eigenvalue weighted by molar-refractivity contribution is 0.234. The van der Waals surface area contributed by atoms with Crippen molar-refractivity contribution in [2.75, 3.05) is 13.2 Å². The topological polar surface area (TPSA) is 97.6 Å². The molecule has 0 heterocycles. The smallest absolute Gasteiger partial charge is 0.335 e. The summed E-state index contributed by atoms with van der Waals surface area (Å²) in [6, 6.07) is -0.410. The molecule has 0 bridgehead atoms. The zero-order valence-corrected chi connectivity index (χ0v) is 7.74. The summed E-state index contributed by atoms with van der Waals surface area (Å²) >= 11 is 0. The zero-order chi connectivity index (χ0) is 10.5. The molecule has 0 saturated carbocycles. The fourth-order valence-electron chi connectivity index (χ4n) is 0.332. The average Bonchev–Trinajstić information content (AvgIpc) is 2.12. The molecule has 2 amide bonds. The second kappa shape index (κ2) is 12.7. The molecule has 0 aromatic rings. The van der Waals surface area contributed by atoms with Crippen LogP contribution in [-0.2, 0) is 0 Å². The predicted octanol–water partition coefficient (Wildman–Crippen LogP) is 0.175. The van der Waals surface area contributed by atoms with Crippen LogP contribution in [0, 0.1) is 5.15 Å². The number of amides is 2. The first-order valence-corrected chi connectivity index (χ1v) is 3.60. The minimum atomic E-state index is -0.410. The maximum atomic E-state index is 10.5. The van der Waals surface area contributed by atoms with Crippen molar-refractivity contribution in [2.24, 2.45) is 5.10 Å². The van der Waals surface area contributed by atoms with Crippen LogP contribution in [0.3, 0.4) is 0 Å². The van der Waals surface area contributed by atoms with Gasteiger partial charge in [-0.25, -0.2) is 10.2 Å². The fraction of sp³-hybridized carbons (Fsp3) is 0.600. The third-order valence-electron chi connectivity index (χ3n) is 0.693. The zero-order valence-electron chi connectivity index (χ0n) is 7.74. The van der Waals surface area contributed by atoms with Crippen LogP contribution < -0.4 is 10.7 Å². The summed E-state index contributed by atoms with van der Waals surface area (Å²) in [5, 5.41) is 16.6. The fourth-order valence-corrected chi connectivity index (χ4v) is 0.332. The third kappa shape index (κ3) is 11.8. The van der Waals surface area contributed by atoms with E-state index in [0.29, 0.717) is 0 Å². The van der Waals surface area contributed by atoms with Gasteiger partial charge in [0.15, 0.2) is 1.41 Å². The Bertz CT molecular complexity index is 167. The normalized spacial score (nSPS) is 9.33. The first-order valence-electron chi connectivity index (χ1n) is 3.60. The minimum Gasteiger partial charge on any atom is -0.395 e. The average molecular weight is 193 g/mol. The predicted molar refractivity (Wildman–Crippen MR) is 48.8 cm³/mol. The highest BCUT2D eigenvalue weighted by Gasteiger charge is 1.92. The van der Waals surface area contributed by atoms with E-state index < -0.39 is 6.03 Å². The van der Waals surface area contributed by atoms with Gasteiger partial charge in [-0.05, 0) is 16.0 Å². The van der Waals surface area contributed by atoms with Crippen LogP contribution in [0.4, 0.5) is 4.79 Å². The third-order valence-corrected chi connectivity index (χ3v) is 0.693. The van der Waals surface area contributed by atoms with Crippen molar-refractivity contribution in [3.05, 3.63) is 0 Å². The SMILES string of the molecule is CC=NNC(=O)NCCO.[2H]N=P. The maximum absolute atomic E-state index is 10.5. The Kier molecular flexibility index (Phi) is 11.6. The van der Waals surface area contributed by atoms with E-state index >= 15 is 0 Å². The summed E-state index contributed by atoms with van der Waals surface area (Å²) < 4.78 is 5.75. The highest BCUT2D eigenvalue weighted by atomic mass is 31.0. The van der Waals surface area contributed by atoms with Crippen molar-refractivity contribution >= 4 is 21.3 Å². The Morgan fingerprint density at radius 1 is 2.00 bits per heavy atom. The molecule has 0 aromatic carbocycles. The van der Waals surface area contributed by atoms with Crippen molar-refractivity contribution in [3.8, 4) is 0 Å². The molecule has 0 aromatic heterocycles. The largest absolute Gasteiger partial charge is 0.395 e. The number of carbonyl (C=O) groups is 1. The molecule has 0 fully saturated rings. The summed E-state index contributed by atoms with van der Waals surface area (Å²) in [4.78, 5) is 10.5. The molecule has 0 radical (unpaired) electrons. The van der Waals surface area contributed by atoms with Gasteiger partial charge in [0.05, 0.1) is 6.61 Å². The summed E-state index contributed by atoms with van der Waals surface area (Å²) in [6.07, 6.45) is 1.46. The van der Waals surface area contributed by atoms with Crippen LogP contribution >= 0.6 is 9.03 Å². The Balaban J connectivity index is 0. The Morgan fingerprint density at radius 3 is 3.00 bits per heavy atom. The monoisotopic (exact) mass is 193 g/mol. The number of aliphatic hydroxyl groups excluding tert-OH is 1. The Hall–Kier alpha value is -1.00. The van der Waals surface area contributed by atoms with Crippen molar-refractivity contribution in [3.63, 3.8) is 0 Å². The van der Waals surface area contributed by atoms with Gasteiger partial charge in [-0.1, -0.05) is 0 Å². The van der Waals surface area contributed by atoms with Gasteiger partial charge in [0.2, 0.25) is 0 Å². The van der Waals surface area contributed by atoms with Gasteiger partial charge in [-0.3, -0.25) is 5.15 Å². The van der Waals surface area contributed by atoms with Gasteiger partial charge in [-0.15, -0.1) is 0 Å². The number of hydrogen-bond acceptors (Lipinski definition) is 4. The number of nitrogens with zero attached hydrogens (tertiary/aromatic N) is 1. The highest BCUT2D eigenvalue weighted by Crippen LogP contribution is 1.63. The van der Waals surface area contributed by atoms with Crippen molar-refractivity contribution < 1.29 is 11.3 Å². The standard InChI is InChI=1S/C5H11N3O2.H2NP/c1-2-7-8-5(10)6-3-4-9;1-2/h2,9H,3-4H2,1H3,(H2,6,8,10);1-2H/i/hD. The van der Waals surface area contributed by atoms with Gasteiger partial charge in [0, 0.05) is 12.8 Å². The highest BCUT2D eigenvalue weighted by molar-refractivity contribution is 7.02. The van der Waals surface area contributed by atoms with E-state index in [2.05, 4.69) is 30.0 Å². The molecule has 0 aliphatic heterocycles. The van der Waals surface area contributed by atoms with E-state index in [-0.39, 0.29) is 13.2 Å². The van der Waals surface area contributed by atoms with Crippen LogP contribution in [0.2, 0.25) is 1.41 Å². The molecule has 0 saturated heterocycles. The Labute approximate surface area is 74.6 Å². The van der Waals surface area contributed by atoms with Gasteiger partial charge in [-0.2, -0.15) is 5.10 Å². The van der Waals surface area contributed by atoms with E-state index in [1.54, 1.807) is 6.92 Å². The molecule has 0 spiro atoms. The molecule has 0 aliphatic carbocycles. The van der Waals surface area contributed by atoms with E-state index in [1.165, 1.54) is 6.21 Å². The molecule has 0 unspecified atom stereocenters. The van der Waals surface area contributed by atoms with E-state index in [1.807, 2.05) is 0 Å². The molecule has 12 heavy (non-hydrogen) atoms. The van der Waals surface area contributed by atoms with Crippen LogP contribution in [0.25, 0.3) is 0 Å². The molecular weight excluding hydrogens is 179 g/mol. The van der Waals surface area contributed by atoms with Gasteiger partial charge in [0.25, 0.3) is 0 Å². The lowest BCUT2D eigenvalue weighted by Gasteiger charge is -1.99. The number of rotatable bonds is 3. The molecule has 0 atom stereocenters. The van der Waals surface area contributed by atoms with E-state index in [9.17, 15) is 4.79 Å². The second-order valence-electron chi connectivity index (χ2n) is 1.48. The molecule has 0 aliphatic rings. The van der Waals surface area contributed by atoms with Crippen LogP contribution in [0.15, 0.2) is 5.10 Å². The molecule has 0 rings (SSSR count). The number of nitrogens with one attached hydrogen (secondary N) is 3. The lowest BCUT2D eigenvalue weighted by atomic mass is 10.7. The summed E-state index contributed by atoms with van der Waals surface area (Å²) in [7, 11) is 2.48. The first kappa shape index (κ1) is 11.0. The number of aliphatic hydroxyl groups is 1. The van der Waals surface area contributed by atoms with Crippen LogP contribution in [0.5, 0.6) is 0 Å². The summed E-state index contributed by atoms with van der Waals surface area (Å²) in [6.45, 7) is 1.86. The Morgan fingerprint density at radius 2 is 2.58 bits per heavy atom. The van der Waals surface area contributed by atoms with Crippen molar-refractivity contribution in [2.45, 2.75) is 6.92 Å². The van der Waals surface area contributed by atoms with Gasteiger partial charge < -0.3 is 10.4 Å². The number of urea groups is 1. The molecule has 7 heteroatoms. The lowest BCUT2D eigenvalue weighted by Crippen LogP contribution is -2.34. The van der Waals surface area contributed by atoms with Crippen molar-refractivity contribution in [1.29, 1.82) is 5.15 Å². The molecule has 4 N–H and O–H groups in total. The van der Waals surface area contributed by atoms with Crippen LogP contribution in [-0.4, -0.2) is 30.5 Å². The summed E-state index contributed by atoms with van der Waals surface area (Å²) in [5.41, 5.74) is 2.18. The van der Waals surface area contributed by atoms with E-state index in [4.69, 9.17) is 6.52 Å². The number of hydrogen-bond donors (Lipinski definition) is 4. The van der Waals surface area contributed by atoms with E-state index in [0.717, 1.165) is 0 Å². The summed E-state index contributed by atoms with van der Waals surface area (Å²) in [5.74, 6) is 0. The molecular formula is C5H13N4O2P. The minimum absolute atomic E-state index is 0.0662. The van der Waals surface area contributed by atoms with Gasteiger partial charge in [0.1, 0.15) is 0 Å². The van der Waals surface area contributed by atoms with Gasteiger partial charge >= 0.3 is 6.03 Å². The second-order valence-corrected chi connectivity index (χ2v) is 1.48. The molecule has 70 valence electrons. The quantitative estimate of drug-likeness (QED) is 0.292. The number of hydrazone groups is 1. The van der Waals surface area contributed by atoms with Crippen LogP contribution in [0.1, 0.15) is 6.92 Å². The van der Waals surface area contributed by atoms with Crippen molar-refractivity contribution in [1.82, 2.24) is 10.7 Å².